The Bertz CT molecular complexity index is 1300. The lowest BCUT2D eigenvalue weighted by Crippen LogP contribution is -2.29. The molecule has 2 atom stereocenters. The normalized spacial score (nSPS) is 17.6. The first-order valence-electron chi connectivity index (χ1n) is 11.9. The number of pyridine rings is 1. The zero-order chi connectivity index (χ0) is 26.0. The zero-order valence-corrected chi connectivity index (χ0v) is 21.1. The SMILES string of the molecule is CCOC(=O)c1cnn(C2CCOCC2C)c1-c1ccc(-c2c(C)cc(C)nc2OC)cc1[N+](=O)[O-]. The van der Waals surface area contributed by atoms with Crippen LogP contribution in [0, 0.1) is 29.9 Å². The summed E-state index contributed by atoms with van der Waals surface area (Å²) < 4.78 is 18.0. The van der Waals surface area contributed by atoms with Crippen molar-refractivity contribution in [2.75, 3.05) is 26.9 Å². The van der Waals surface area contributed by atoms with Crippen molar-refractivity contribution in [3.63, 3.8) is 0 Å². The van der Waals surface area contributed by atoms with Crippen molar-refractivity contribution in [2.24, 2.45) is 5.92 Å². The van der Waals surface area contributed by atoms with Gasteiger partial charge in [-0.05, 0) is 50.5 Å². The van der Waals surface area contributed by atoms with Gasteiger partial charge in [0.2, 0.25) is 5.88 Å². The summed E-state index contributed by atoms with van der Waals surface area (Å²) in [7, 11) is 1.52. The fourth-order valence-electron chi connectivity index (χ4n) is 4.81. The molecule has 1 aromatic carbocycles. The van der Waals surface area contributed by atoms with E-state index in [0.29, 0.717) is 47.9 Å². The summed E-state index contributed by atoms with van der Waals surface area (Å²) in [6.45, 7) is 8.79. The van der Waals surface area contributed by atoms with Gasteiger partial charge < -0.3 is 14.2 Å². The number of ether oxygens (including phenoxy) is 3. The van der Waals surface area contributed by atoms with Crippen molar-refractivity contribution in [3.05, 3.63) is 57.4 Å². The first-order chi connectivity index (χ1) is 17.3. The monoisotopic (exact) mass is 494 g/mol. The fourth-order valence-corrected chi connectivity index (χ4v) is 4.81. The highest BCUT2D eigenvalue weighted by molar-refractivity contribution is 5.98. The largest absolute Gasteiger partial charge is 0.481 e. The van der Waals surface area contributed by atoms with Gasteiger partial charge >= 0.3 is 5.97 Å². The molecule has 0 spiro atoms. The number of carbonyl (C=O) groups is 1. The second-order valence-electron chi connectivity index (χ2n) is 8.93. The Hall–Kier alpha value is -3.79. The van der Waals surface area contributed by atoms with E-state index in [1.54, 1.807) is 23.7 Å². The number of hydrogen-bond donors (Lipinski definition) is 0. The average molecular weight is 495 g/mol. The summed E-state index contributed by atoms with van der Waals surface area (Å²) in [6.07, 6.45) is 2.11. The van der Waals surface area contributed by atoms with E-state index in [1.807, 2.05) is 26.8 Å². The number of nitrogens with zero attached hydrogens (tertiary/aromatic N) is 4. The number of nitro groups is 1. The minimum Gasteiger partial charge on any atom is -0.481 e. The Labute approximate surface area is 209 Å². The van der Waals surface area contributed by atoms with Crippen LogP contribution in [0.4, 0.5) is 5.69 Å². The number of benzene rings is 1. The van der Waals surface area contributed by atoms with E-state index in [4.69, 9.17) is 14.2 Å². The number of aryl methyl sites for hydroxylation is 2. The number of hydrogen-bond acceptors (Lipinski definition) is 8. The van der Waals surface area contributed by atoms with Crippen LogP contribution in [0.15, 0.2) is 30.5 Å². The van der Waals surface area contributed by atoms with Gasteiger partial charge in [0.05, 0.1) is 48.7 Å². The van der Waals surface area contributed by atoms with Crippen LogP contribution in [-0.4, -0.2) is 52.6 Å². The maximum atomic E-state index is 12.9. The molecule has 4 rings (SSSR count). The highest BCUT2D eigenvalue weighted by Gasteiger charge is 2.33. The quantitative estimate of drug-likeness (QED) is 0.258. The molecule has 1 fully saturated rings. The molecule has 0 radical (unpaired) electrons. The average Bonchev–Trinajstić information content (AvgIpc) is 3.28. The molecule has 2 unspecified atom stereocenters. The van der Waals surface area contributed by atoms with E-state index in [2.05, 4.69) is 10.1 Å². The predicted molar refractivity (Wildman–Crippen MR) is 133 cm³/mol. The van der Waals surface area contributed by atoms with Crippen molar-refractivity contribution >= 4 is 11.7 Å². The molecule has 3 aromatic rings. The molecule has 3 heterocycles. The lowest BCUT2D eigenvalue weighted by molar-refractivity contribution is -0.384. The highest BCUT2D eigenvalue weighted by atomic mass is 16.6. The van der Waals surface area contributed by atoms with E-state index in [-0.39, 0.29) is 29.8 Å². The highest BCUT2D eigenvalue weighted by Crippen LogP contribution is 2.41. The Morgan fingerprint density at radius 1 is 1.31 bits per heavy atom. The Kier molecular flexibility index (Phi) is 7.35. The smallest absolute Gasteiger partial charge is 0.341 e. The molecule has 1 aliphatic heterocycles. The van der Waals surface area contributed by atoms with Gasteiger partial charge in [0, 0.05) is 29.8 Å². The van der Waals surface area contributed by atoms with E-state index in [9.17, 15) is 14.9 Å². The predicted octanol–water partition coefficient (Wildman–Crippen LogP) is 4.92. The maximum absolute atomic E-state index is 12.9. The lowest BCUT2D eigenvalue weighted by atomic mass is 9.95. The minimum absolute atomic E-state index is 0.0835. The first kappa shape index (κ1) is 25.3. The van der Waals surface area contributed by atoms with Crippen LogP contribution in [0.25, 0.3) is 22.4 Å². The van der Waals surface area contributed by atoms with Crippen LogP contribution in [0.2, 0.25) is 0 Å². The van der Waals surface area contributed by atoms with Crippen molar-refractivity contribution < 1.29 is 23.9 Å². The van der Waals surface area contributed by atoms with Crippen LogP contribution >= 0.6 is 0 Å². The molecule has 0 bridgehead atoms. The van der Waals surface area contributed by atoms with E-state index < -0.39 is 10.9 Å². The third kappa shape index (κ3) is 4.68. The van der Waals surface area contributed by atoms with Crippen LogP contribution in [0.5, 0.6) is 5.88 Å². The van der Waals surface area contributed by atoms with Gasteiger partial charge in [-0.3, -0.25) is 14.8 Å². The summed E-state index contributed by atoms with van der Waals surface area (Å²) in [6, 6.07) is 6.76. The van der Waals surface area contributed by atoms with Gasteiger partial charge in [-0.15, -0.1) is 0 Å². The van der Waals surface area contributed by atoms with Crippen molar-refractivity contribution in [2.45, 2.75) is 40.2 Å². The van der Waals surface area contributed by atoms with Gasteiger partial charge in [-0.1, -0.05) is 13.0 Å². The maximum Gasteiger partial charge on any atom is 0.341 e. The molecule has 1 aliphatic rings. The summed E-state index contributed by atoms with van der Waals surface area (Å²) in [5, 5.41) is 16.9. The number of esters is 1. The molecular formula is C26H30N4O6. The molecule has 1 saturated heterocycles. The third-order valence-corrected chi connectivity index (χ3v) is 6.44. The van der Waals surface area contributed by atoms with Crippen molar-refractivity contribution in [1.82, 2.24) is 14.8 Å². The summed E-state index contributed by atoms with van der Waals surface area (Å²) in [4.78, 5) is 29.2. The van der Waals surface area contributed by atoms with Crippen molar-refractivity contribution in [3.8, 4) is 28.3 Å². The van der Waals surface area contributed by atoms with E-state index >= 15 is 0 Å². The molecule has 0 N–H and O–H groups in total. The standard InChI is InChI=1S/C26H30N4O6/c1-6-36-26(31)20-13-27-29(21-9-10-35-14-16(21)3)24(20)19-8-7-18(12-22(19)30(32)33)23-15(2)11-17(4)28-25(23)34-5/h7-8,11-13,16,21H,6,9-10,14H2,1-5H3. The molecule has 2 aromatic heterocycles. The number of nitro benzene ring substituents is 1. The van der Waals surface area contributed by atoms with Gasteiger partial charge in [-0.2, -0.15) is 5.10 Å². The zero-order valence-electron chi connectivity index (χ0n) is 21.1. The first-order valence-corrected chi connectivity index (χ1v) is 11.9. The van der Waals surface area contributed by atoms with Gasteiger partial charge in [0.1, 0.15) is 5.56 Å². The second-order valence-corrected chi connectivity index (χ2v) is 8.93. The molecule has 0 saturated carbocycles. The van der Waals surface area contributed by atoms with Crippen LogP contribution in [0.3, 0.4) is 0 Å². The van der Waals surface area contributed by atoms with Gasteiger partial charge in [0.25, 0.3) is 5.69 Å². The number of methoxy groups -OCH3 is 1. The van der Waals surface area contributed by atoms with Crippen molar-refractivity contribution in [1.29, 1.82) is 0 Å². The molecule has 10 nitrogen and oxygen atoms in total. The summed E-state index contributed by atoms with van der Waals surface area (Å²) in [5.74, 6) is -0.0729. The van der Waals surface area contributed by atoms with Crippen LogP contribution in [0.1, 0.15) is 47.9 Å². The molecule has 190 valence electrons. The molecule has 36 heavy (non-hydrogen) atoms. The minimum atomic E-state index is -0.572. The number of aromatic nitrogens is 3. The summed E-state index contributed by atoms with van der Waals surface area (Å²) in [5.41, 5.74) is 3.64. The summed E-state index contributed by atoms with van der Waals surface area (Å²) >= 11 is 0. The Morgan fingerprint density at radius 3 is 2.75 bits per heavy atom. The topological polar surface area (TPSA) is 119 Å². The molecule has 0 amide bonds. The van der Waals surface area contributed by atoms with Gasteiger partial charge in [0.15, 0.2) is 0 Å². The Balaban J connectivity index is 1.94. The second kappa shape index (κ2) is 10.4. The van der Waals surface area contributed by atoms with Crippen LogP contribution < -0.4 is 4.74 Å². The number of carbonyl (C=O) groups excluding carboxylic acids is 1. The van der Waals surface area contributed by atoms with Crippen LogP contribution in [-0.2, 0) is 9.47 Å². The fraction of sp³-hybridized carbons (Fsp3) is 0.423. The lowest BCUT2D eigenvalue weighted by Gasteiger charge is -2.30. The van der Waals surface area contributed by atoms with E-state index in [1.165, 1.54) is 19.4 Å². The Morgan fingerprint density at radius 2 is 2.08 bits per heavy atom. The molecule has 0 aliphatic carbocycles. The molecule has 10 heteroatoms. The third-order valence-electron chi connectivity index (χ3n) is 6.44. The van der Waals surface area contributed by atoms with Gasteiger partial charge in [-0.25, -0.2) is 9.78 Å². The number of rotatable bonds is 7. The molecular weight excluding hydrogens is 464 g/mol. The van der Waals surface area contributed by atoms with E-state index in [0.717, 1.165) is 11.3 Å².